The van der Waals surface area contributed by atoms with Gasteiger partial charge in [0.15, 0.2) is 0 Å². The van der Waals surface area contributed by atoms with Gasteiger partial charge in [-0.15, -0.1) is 0 Å². The van der Waals surface area contributed by atoms with Gasteiger partial charge in [-0.1, -0.05) is 74.5 Å². The fourth-order valence-corrected chi connectivity index (χ4v) is 4.13. The molecule has 2 atom stereocenters. The van der Waals surface area contributed by atoms with Gasteiger partial charge in [0, 0.05) is 22.5 Å². The fraction of sp³-hybridized carbons (Fsp3) is 0.375. The van der Waals surface area contributed by atoms with Crippen LogP contribution in [0.4, 0.5) is 0 Å². The molecule has 2 aromatic rings. The van der Waals surface area contributed by atoms with Crippen LogP contribution in [0.1, 0.15) is 43.9 Å². The average Bonchev–Trinajstić information content (AvgIpc) is 2.72. The lowest BCUT2D eigenvalue weighted by Gasteiger charge is -2.36. The van der Waals surface area contributed by atoms with Crippen molar-refractivity contribution in [2.75, 3.05) is 13.7 Å². The van der Waals surface area contributed by atoms with Gasteiger partial charge in [-0.25, -0.2) is 0 Å². The van der Waals surface area contributed by atoms with E-state index in [0.29, 0.717) is 12.5 Å². The molecule has 0 aromatic heterocycles. The number of benzene rings is 2. The summed E-state index contributed by atoms with van der Waals surface area (Å²) >= 11 is 2.46. The lowest BCUT2D eigenvalue weighted by Crippen LogP contribution is -2.35. The quantitative estimate of drug-likeness (QED) is 0.274. The van der Waals surface area contributed by atoms with Crippen molar-refractivity contribution in [2.45, 2.75) is 38.8 Å². The highest BCUT2D eigenvalue weighted by atomic mass is 127. The Morgan fingerprint density at radius 3 is 2.36 bits per heavy atom. The van der Waals surface area contributed by atoms with Crippen molar-refractivity contribution < 1.29 is 4.74 Å². The molecular formula is C24H29IN2O. The lowest BCUT2D eigenvalue weighted by atomic mass is 9.96. The molecule has 0 saturated carbocycles. The molecule has 2 aromatic carbocycles. The zero-order valence-corrected chi connectivity index (χ0v) is 19.0. The second-order valence-electron chi connectivity index (χ2n) is 7.53. The largest absolute Gasteiger partial charge is 0.382 e. The van der Waals surface area contributed by atoms with E-state index < -0.39 is 0 Å². The molecule has 0 saturated heterocycles. The first-order valence-electron chi connectivity index (χ1n) is 9.91. The van der Waals surface area contributed by atoms with E-state index in [-0.39, 0.29) is 12.1 Å². The summed E-state index contributed by atoms with van der Waals surface area (Å²) in [5.74, 6) is 1.43. The van der Waals surface area contributed by atoms with Crippen LogP contribution < -0.4 is 0 Å². The lowest BCUT2D eigenvalue weighted by molar-refractivity contribution is 0.164. The maximum absolute atomic E-state index is 5.48. The van der Waals surface area contributed by atoms with Crippen LogP contribution in [-0.4, -0.2) is 30.5 Å². The van der Waals surface area contributed by atoms with Crippen molar-refractivity contribution in [1.29, 1.82) is 0 Å². The van der Waals surface area contributed by atoms with Crippen LogP contribution in [0.15, 0.2) is 75.4 Å². The number of aliphatic imine (C=N–C) groups is 1. The molecule has 3 nitrogen and oxygen atoms in total. The van der Waals surface area contributed by atoms with Gasteiger partial charge >= 0.3 is 0 Å². The highest BCUT2D eigenvalue weighted by Gasteiger charge is 2.28. The van der Waals surface area contributed by atoms with Gasteiger partial charge < -0.3 is 9.64 Å². The number of amidine groups is 1. The van der Waals surface area contributed by atoms with E-state index in [2.05, 4.69) is 108 Å². The van der Waals surface area contributed by atoms with Crippen molar-refractivity contribution in [3.63, 3.8) is 0 Å². The number of hydrogen-bond donors (Lipinski definition) is 0. The smallest absolute Gasteiger partial charge is 0.135 e. The standard InChI is InChI=1S/C24H29IN2O/c1-18(2)22(17-28-3)26-24(20-12-8-5-9-13-20)27-16-21(25)14-15-23(27)19-10-6-4-7-11-19/h4-13,16,18,22-23H,14-15,17H2,1-3H3/t22-,23+/m1/s1. The molecule has 0 aliphatic carbocycles. The van der Waals surface area contributed by atoms with Gasteiger partial charge in [0.05, 0.1) is 18.7 Å². The van der Waals surface area contributed by atoms with Gasteiger partial charge in [0.25, 0.3) is 0 Å². The predicted molar refractivity (Wildman–Crippen MR) is 126 cm³/mol. The number of hydrogen-bond acceptors (Lipinski definition) is 2. The maximum Gasteiger partial charge on any atom is 0.135 e. The Morgan fingerprint density at radius 2 is 1.75 bits per heavy atom. The Kier molecular flexibility index (Phi) is 7.68. The van der Waals surface area contributed by atoms with Gasteiger partial charge in [0.2, 0.25) is 0 Å². The first kappa shape index (κ1) is 21.1. The summed E-state index contributed by atoms with van der Waals surface area (Å²) in [4.78, 5) is 7.62. The van der Waals surface area contributed by atoms with Crippen LogP contribution in [-0.2, 0) is 4.74 Å². The number of halogens is 1. The summed E-state index contributed by atoms with van der Waals surface area (Å²) in [6.45, 7) is 5.04. The molecule has 0 unspecified atom stereocenters. The molecule has 0 radical (unpaired) electrons. The summed E-state index contributed by atoms with van der Waals surface area (Å²) in [5.41, 5.74) is 2.48. The summed E-state index contributed by atoms with van der Waals surface area (Å²) in [6, 6.07) is 21.7. The summed E-state index contributed by atoms with van der Waals surface area (Å²) in [7, 11) is 1.75. The van der Waals surface area contributed by atoms with Crippen molar-refractivity contribution in [3.05, 3.63) is 81.6 Å². The van der Waals surface area contributed by atoms with Crippen molar-refractivity contribution in [2.24, 2.45) is 10.9 Å². The van der Waals surface area contributed by atoms with E-state index in [9.17, 15) is 0 Å². The molecular weight excluding hydrogens is 459 g/mol. The monoisotopic (exact) mass is 488 g/mol. The molecule has 1 heterocycles. The van der Waals surface area contributed by atoms with Crippen LogP contribution in [0.3, 0.4) is 0 Å². The molecule has 4 heteroatoms. The maximum atomic E-state index is 5.48. The second kappa shape index (κ2) is 10.2. The van der Waals surface area contributed by atoms with Gasteiger partial charge in [0.1, 0.15) is 5.84 Å². The number of methoxy groups -OCH3 is 1. The molecule has 3 rings (SSSR count). The second-order valence-corrected chi connectivity index (χ2v) is 8.92. The van der Waals surface area contributed by atoms with Gasteiger partial charge in [-0.05, 0) is 46.9 Å². The first-order chi connectivity index (χ1) is 13.6. The van der Waals surface area contributed by atoms with Crippen molar-refractivity contribution in [3.8, 4) is 0 Å². The minimum absolute atomic E-state index is 0.115. The summed E-state index contributed by atoms with van der Waals surface area (Å²) < 4.78 is 6.84. The van der Waals surface area contributed by atoms with Crippen LogP contribution >= 0.6 is 22.6 Å². The molecule has 0 amide bonds. The zero-order chi connectivity index (χ0) is 19.9. The Bertz CT molecular complexity index is 802. The van der Waals surface area contributed by atoms with Crippen molar-refractivity contribution >= 4 is 28.4 Å². The van der Waals surface area contributed by atoms with Crippen LogP contribution in [0.25, 0.3) is 0 Å². The van der Waals surface area contributed by atoms with Gasteiger partial charge in [-0.3, -0.25) is 4.99 Å². The number of nitrogens with zero attached hydrogens (tertiary/aromatic N) is 2. The van der Waals surface area contributed by atoms with E-state index >= 15 is 0 Å². The third kappa shape index (κ3) is 5.23. The molecule has 1 aliphatic rings. The molecule has 28 heavy (non-hydrogen) atoms. The Morgan fingerprint density at radius 1 is 1.11 bits per heavy atom. The van der Waals surface area contributed by atoms with Gasteiger partial charge in [-0.2, -0.15) is 0 Å². The molecule has 148 valence electrons. The van der Waals surface area contributed by atoms with Crippen LogP contribution in [0, 0.1) is 5.92 Å². The van der Waals surface area contributed by atoms with Crippen LogP contribution in [0.5, 0.6) is 0 Å². The SMILES string of the molecule is COC[C@@H](N=C(c1ccccc1)N1C=C(I)CC[C@H]1c1ccccc1)C(C)C. The Hall–Kier alpha value is -1.66. The molecule has 0 N–H and O–H groups in total. The minimum Gasteiger partial charge on any atom is -0.382 e. The minimum atomic E-state index is 0.115. The molecule has 1 aliphatic heterocycles. The van der Waals surface area contributed by atoms with E-state index in [1.165, 1.54) is 9.14 Å². The zero-order valence-electron chi connectivity index (χ0n) is 16.9. The van der Waals surface area contributed by atoms with E-state index in [0.717, 1.165) is 24.2 Å². The molecule has 0 spiro atoms. The fourth-order valence-electron chi connectivity index (χ4n) is 3.51. The van der Waals surface area contributed by atoms with E-state index in [4.69, 9.17) is 9.73 Å². The molecule has 0 bridgehead atoms. The van der Waals surface area contributed by atoms with E-state index in [1.807, 2.05) is 0 Å². The Balaban J connectivity index is 2.10. The van der Waals surface area contributed by atoms with Crippen LogP contribution in [0.2, 0.25) is 0 Å². The third-order valence-electron chi connectivity index (χ3n) is 5.13. The third-order valence-corrected chi connectivity index (χ3v) is 5.95. The highest BCUT2D eigenvalue weighted by Crippen LogP contribution is 2.36. The summed E-state index contributed by atoms with van der Waals surface area (Å²) in [5, 5.41) is 0. The number of allylic oxidation sites excluding steroid dienone is 1. The Labute approximate surface area is 182 Å². The molecule has 0 fully saturated rings. The normalized spacial score (nSPS) is 18.9. The summed E-state index contributed by atoms with van der Waals surface area (Å²) in [6.07, 6.45) is 4.46. The average molecular weight is 488 g/mol. The number of rotatable bonds is 6. The van der Waals surface area contributed by atoms with Crippen molar-refractivity contribution in [1.82, 2.24) is 4.90 Å². The van der Waals surface area contributed by atoms with E-state index in [1.54, 1.807) is 7.11 Å². The highest BCUT2D eigenvalue weighted by molar-refractivity contribution is 14.1. The first-order valence-corrected chi connectivity index (χ1v) is 11.0. The predicted octanol–water partition coefficient (Wildman–Crippen LogP) is 6.22. The topological polar surface area (TPSA) is 24.8 Å². The number of ether oxygens (including phenoxy) is 1.